The molecular weight excluding hydrogens is 445 g/mol. The number of aromatic nitrogens is 3. The Morgan fingerprint density at radius 2 is 1.81 bits per heavy atom. The van der Waals surface area contributed by atoms with Gasteiger partial charge in [0.2, 0.25) is 0 Å². The third-order valence-corrected chi connectivity index (χ3v) is 5.17. The smallest absolute Gasteiger partial charge is 0.417 e. The lowest BCUT2D eigenvalue weighted by Gasteiger charge is -2.11. The predicted octanol–water partition coefficient (Wildman–Crippen LogP) is 5.07. The van der Waals surface area contributed by atoms with Crippen molar-refractivity contribution in [3.8, 4) is 11.6 Å². The van der Waals surface area contributed by atoms with E-state index < -0.39 is 17.3 Å². The highest BCUT2D eigenvalue weighted by Gasteiger charge is 2.30. The van der Waals surface area contributed by atoms with Crippen LogP contribution in [0.25, 0.3) is 16.6 Å². The van der Waals surface area contributed by atoms with Gasteiger partial charge in [-0.05, 0) is 46.7 Å². The predicted molar refractivity (Wildman–Crippen MR) is 115 cm³/mol. The van der Waals surface area contributed by atoms with Gasteiger partial charge in [0.15, 0.2) is 5.82 Å². The monoisotopic (exact) mass is 460 g/mol. The molecule has 0 fully saturated rings. The maximum absolute atomic E-state index is 12.7. The molecule has 0 unspecified atom stereocenters. The maximum Gasteiger partial charge on any atom is 0.417 e. The first-order valence-electron chi connectivity index (χ1n) is 9.38. The van der Waals surface area contributed by atoms with Gasteiger partial charge in [-0.3, -0.25) is 4.79 Å². The number of anilines is 1. The van der Waals surface area contributed by atoms with E-state index in [-0.39, 0.29) is 10.8 Å². The molecule has 0 atom stereocenters. The van der Waals surface area contributed by atoms with E-state index in [0.29, 0.717) is 18.4 Å². The number of rotatable bonds is 5. The van der Waals surface area contributed by atoms with Gasteiger partial charge in [0.1, 0.15) is 10.8 Å². The zero-order valence-electron chi connectivity index (χ0n) is 16.7. The van der Waals surface area contributed by atoms with Crippen LogP contribution in [0.5, 0.6) is 5.75 Å². The summed E-state index contributed by atoms with van der Waals surface area (Å²) in [5.41, 5.74) is -0.371. The fourth-order valence-corrected chi connectivity index (χ4v) is 3.30. The zero-order valence-corrected chi connectivity index (χ0v) is 17.4. The van der Waals surface area contributed by atoms with Gasteiger partial charge in [0, 0.05) is 12.7 Å². The second-order valence-electron chi connectivity index (χ2n) is 6.89. The number of alkyl halides is 3. The van der Waals surface area contributed by atoms with Crippen LogP contribution >= 0.6 is 11.6 Å². The summed E-state index contributed by atoms with van der Waals surface area (Å²) in [6.07, 6.45) is -2.56. The summed E-state index contributed by atoms with van der Waals surface area (Å²) in [5.74, 6) is 0.700. The first-order valence-corrected chi connectivity index (χ1v) is 9.76. The van der Waals surface area contributed by atoms with Gasteiger partial charge in [-0.2, -0.15) is 23.0 Å². The largest absolute Gasteiger partial charge is 0.497 e. The number of fused-ring (bicyclic) bond motifs is 1. The Kier molecular flexibility index (Phi) is 5.75. The number of pyridine rings is 1. The molecular formula is C22H16ClF3N4O2. The topological polar surface area (TPSA) is 69.0 Å². The van der Waals surface area contributed by atoms with Crippen LogP contribution in [0.1, 0.15) is 11.1 Å². The van der Waals surface area contributed by atoms with E-state index in [4.69, 9.17) is 16.3 Å². The van der Waals surface area contributed by atoms with Crippen molar-refractivity contribution in [2.75, 3.05) is 12.4 Å². The van der Waals surface area contributed by atoms with Crippen LogP contribution in [0.4, 0.5) is 18.9 Å². The average molecular weight is 461 g/mol. The molecule has 0 radical (unpaired) electrons. The van der Waals surface area contributed by atoms with Crippen LogP contribution in [0.3, 0.4) is 0 Å². The van der Waals surface area contributed by atoms with E-state index in [9.17, 15) is 18.0 Å². The van der Waals surface area contributed by atoms with Crippen LogP contribution in [-0.4, -0.2) is 21.9 Å². The van der Waals surface area contributed by atoms with Gasteiger partial charge in [0.05, 0.1) is 24.6 Å². The molecule has 0 saturated carbocycles. The van der Waals surface area contributed by atoms with Crippen LogP contribution < -0.4 is 15.6 Å². The minimum absolute atomic E-state index is 0.0681. The Labute approximate surface area is 185 Å². The number of benzene rings is 2. The first-order chi connectivity index (χ1) is 15.3. The van der Waals surface area contributed by atoms with Crippen LogP contribution in [0, 0.1) is 0 Å². The second kappa shape index (κ2) is 8.51. The van der Waals surface area contributed by atoms with Crippen molar-refractivity contribution in [2.24, 2.45) is 0 Å². The van der Waals surface area contributed by atoms with Crippen LogP contribution in [-0.2, 0) is 12.7 Å². The van der Waals surface area contributed by atoms with E-state index in [1.165, 1.54) is 6.20 Å². The molecule has 4 rings (SSSR count). The summed E-state index contributed by atoms with van der Waals surface area (Å²) in [4.78, 5) is 16.2. The second-order valence-corrected chi connectivity index (χ2v) is 7.27. The van der Waals surface area contributed by atoms with Crippen molar-refractivity contribution in [3.63, 3.8) is 0 Å². The molecule has 0 bridgehead atoms. The molecule has 164 valence electrons. The first kappa shape index (κ1) is 21.6. The average Bonchev–Trinajstić information content (AvgIpc) is 2.79. The molecule has 4 aromatic rings. The Hall–Kier alpha value is -3.59. The summed E-state index contributed by atoms with van der Waals surface area (Å²) in [7, 11) is 1.61. The normalized spacial score (nSPS) is 11.5. The van der Waals surface area contributed by atoms with Crippen molar-refractivity contribution in [3.05, 3.63) is 87.4 Å². The van der Waals surface area contributed by atoms with Crippen molar-refractivity contribution in [1.82, 2.24) is 14.8 Å². The lowest BCUT2D eigenvalue weighted by Crippen LogP contribution is -2.23. The summed E-state index contributed by atoms with van der Waals surface area (Å²) in [6, 6.07) is 13.5. The molecule has 32 heavy (non-hydrogen) atoms. The number of halogens is 4. The quantitative estimate of drug-likeness (QED) is 0.450. The summed E-state index contributed by atoms with van der Waals surface area (Å²) >= 11 is 6.19. The molecule has 1 N–H and O–H groups in total. The number of methoxy groups -OCH3 is 1. The van der Waals surface area contributed by atoms with E-state index in [1.807, 2.05) is 36.4 Å². The Morgan fingerprint density at radius 1 is 1.06 bits per heavy atom. The summed E-state index contributed by atoms with van der Waals surface area (Å²) in [5, 5.41) is 8.95. The van der Waals surface area contributed by atoms with Gasteiger partial charge < -0.3 is 10.1 Å². The van der Waals surface area contributed by atoms with Crippen molar-refractivity contribution >= 4 is 28.1 Å². The SMILES string of the molecule is COc1ccc2cc(CNc3cnn(-c4ccc(C(F)(F)F)cn4)c(=O)c3Cl)ccc2c1. The minimum atomic E-state index is -4.52. The van der Waals surface area contributed by atoms with E-state index in [0.717, 1.165) is 38.9 Å². The Bertz CT molecular complexity index is 1340. The number of nitrogens with one attached hydrogen (secondary N) is 1. The summed E-state index contributed by atoms with van der Waals surface area (Å²) < 4.78 is 44.2. The van der Waals surface area contributed by atoms with E-state index >= 15 is 0 Å². The molecule has 0 aliphatic carbocycles. The molecule has 10 heteroatoms. The molecule has 0 spiro atoms. The van der Waals surface area contributed by atoms with E-state index in [2.05, 4.69) is 15.4 Å². The molecule has 0 amide bonds. The molecule has 2 heterocycles. The highest BCUT2D eigenvalue weighted by Crippen LogP contribution is 2.28. The van der Waals surface area contributed by atoms with Gasteiger partial charge in [0.25, 0.3) is 5.56 Å². The summed E-state index contributed by atoms with van der Waals surface area (Å²) in [6.45, 7) is 0.380. The number of hydrogen-bond donors (Lipinski definition) is 1. The van der Waals surface area contributed by atoms with E-state index in [1.54, 1.807) is 7.11 Å². The Balaban J connectivity index is 1.53. The van der Waals surface area contributed by atoms with Crippen molar-refractivity contribution in [1.29, 1.82) is 0 Å². The fraction of sp³-hybridized carbons (Fsp3) is 0.136. The van der Waals surface area contributed by atoms with Gasteiger partial charge in [-0.25, -0.2) is 4.98 Å². The molecule has 0 saturated heterocycles. The van der Waals surface area contributed by atoms with Crippen molar-refractivity contribution < 1.29 is 17.9 Å². The third-order valence-electron chi connectivity index (χ3n) is 4.81. The van der Waals surface area contributed by atoms with Gasteiger partial charge in [-0.15, -0.1) is 0 Å². The maximum atomic E-state index is 12.7. The standard InChI is InChI=1S/C22H16ClF3N4O2/c1-32-17-6-4-14-8-13(2-3-15(14)9-17)10-27-18-12-29-30(21(31)20(18)23)19-7-5-16(11-28-19)22(24,25)26/h2-9,11-12,27H,10H2,1H3. The van der Waals surface area contributed by atoms with Crippen molar-refractivity contribution in [2.45, 2.75) is 12.7 Å². The van der Waals surface area contributed by atoms with Crippen LogP contribution in [0.15, 0.2) is 65.7 Å². The lowest BCUT2D eigenvalue weighted by atomic mass is 10.1. The van der Waals surface area contributed by atoms with Crippen LogP contribution in [0.2, 0.25) is 5.02 Å². The fourth-order valence-electron chi connectivity index (χ4n) is 3.11. The molecule has 0 aliphatic rings. The molecule has 0 aliphatic heterocycles. The van der Waals surface area contributed by atoms with Gasteiger partial charge >= 0.3 is 6.18 Å². The lowest BCUT2D eigenvalue weighted by molar-refractivity contribution is -0.137. The van der Waals surface area contributed by atoms with Gasteiger partial charge in [-0.1, -0.05) is 29.8 Å². The minimum Gasteiger partial charge on any atom is -0.497 e. The zero-order chi connectivity index (χ0) is 22.9. The highest BCUT2D eigenvalue weighted by molar-refractivity contribution is 6.32. The molecule has 6 nitrogen and oxygen atoms in total. The number of hydrogen-bond acceptors (Lipinski definition) is 5. The number of nitrogens with zero attached hydrogens (tertiary/aromatic N) is 3. The molecule has 2 aromatic carbocycles. The highest BCUT2D eigenvalue weighted by atomic mass is 35.5. The third kappa shape index (κ3) is 4.38. The number of ether oxygens (including phenoxy) is 1. The molecule has 2 aromatic heterocycles. The Morgan fingerprint density at radius 3 is 2.50 bits per heavy atom.